The van der Waals surface area contributed by atoms with Crippen LogP contribution >= 0.6 is 11.6 Å². The Bertz CT molecular complexity index is 1440. The van der Waals surface area contributed by atoms with Crippen LogP contribution in [0.25, 0.3) is 0 Å². The maximum atomic E-state index is 14.0. The molecule has 216 valence electrons. The predicted octanol–water partition coefficient (Wildman–Crippen LogP) is 6.26. The molecule has 3 N–H and O–H groups in total. The molecule has 12 heteroatoms. The third-order valence-electron chi connectivity index (χ3n) is 7.21. The largest absolute Gasteiger partial charge is 0.573 e. The van der Waals surface area contributed by atoms with E-state index in [1.807, 2.05) is 0 Å². The number of amides is 1. The Kier molecular flexibility index (Phi) is 7.90. The summed E-state index contributed by atoms with van der Waals surface area (Å²) in [5.74, 6) is -1.48. The van der Waals surface area contributed by atoms with Crippen molar-refractivity contribution >= 4 is 40.5 Å². The number of carbonyl (C=O) groups excluding carboxylic acids is 1. The molecule has 1 saturated carbocycles. The number of aliphatic carboxylic acids is 1. The van der Waals surface area contributed by atoms with Crippen molar-refractivity contribution in [2.75, 3.05) is 29.2 Å². The minimum atomic E-state index is -4.86. The lowest BCUT2D eigenvalue weighted by molar-refractivity contribution is -0.274. The average Bonchev–Trinajstić information content (AvgIpc) is 3.31. The van der Waals surface area contributed by atoms with E-state index < -0.39 is 24.1 Å². The van der Waals surface area contributed by atoms with Crippen molar-refractivity contribution in [1.29, 1.82) is 0 Å². The second-order valence-corrected chi connectivity index (χ2v) is 10.4. The number of anilines is 3. The van der Waals surface area contributed by atoms with Gasteiger partial charge in [0.2, 0.25) is 0 Å². The van der Waals surface area contributed by atoms with Crippen LogP contribution in [0.3, 0.4) is 0 Å². The lowest BCUT2D eigenvalue weighted by Crippen LogP contribution is -2.39. The zero-order chi connectivity index (χ0) is 29.3. The average molecular weight is 590 g/mol. The summed E-state index contributed by atoms with van der Waals surface area (Å²) in [7, 11) is 1.51. The number of methoxy groups -OCH3 is 1. The number of nitrogens with zero attached hydrogens (tertiary/aromatic N) is 1. The molecular weight excluding hydrogens is 563 g/mol. The standard InChI is InChI=1S/C29H27ClF3N3O5/c1-40-24-13-21(34-20-10-18(11-20)28(38)39)12-22(14-24)35-26(17-2-5-19(30)6-3-17)27(37)36-9-8-16-4-7-23(15-25(16)36)41-29(31,32)33/h2-7,12-15,18,20,26,34-35H,8-11H2,1H3,(H,38,39). The Balaban J connectivity index is 1.43. The van der Waals surface area contributed by atoms with Crippen LogP contribution in [0.2, 0.25) is 5.02 Å². The molecule has 0 saturated heterocycles. The Labute approximate surface area is 239 Å². The highest BCUT2D eigenvalue weighted by molar-refractivity contribution is 6.30. The summed E-state index contributed by atoms with van der Waals surface area (Å²) in [6, 6.07) is 15.1. The summed E-state index contributed by atoms with van der Waals surface area (Å²) in [5, 5.41) is 16.2. The fourth-order valence-corrected chi connectivity index (χ4v) is 5.23. The van der Waals surface area contributed by atoms with E-state index in [-0.39, 0.29) is 24.4 Å². The van der Waals surface area contributed by atoms with Crippen LogP contribution in [0.1, 0.15) is 30.0 Å². The monoisotopic (exact) mass is 589 g/mol. The van der Waals surface area contributed by atoms with Gasteiger partial charge in [-0.1, -0.05) is 29.8 Å². The molecule has 1 unspecified atom stereocenters. The summed E-state index contributed by atoms with van der Waals surface area (Å²) in [5.41, 5.74) is 2.90. The third kappa shape index (κ3) is 6.62. The summed E-state index contributed by atoms with van der Waals surface area (Å²) in [6.07, 6.45) is -3.39. The second-order valence-electron chi connectivity index (χ2n) is 10.0. The van der Waals surface area contributed by atoms with Gasteiger partial charge in [-0.2, -0.15) is 0 Å². The zero-order valence-electron chi connectivity index (χ0n) is 21.9. The topological polar surface area (TPSA) is 100 Å². The van der Waals surface area contributed by atoms with Crippen molar-refractivity contribution in [3.05, 3.63) is 76.8 Å². The molecule has 3 aromatic rings. The van der Waals surface area contributed by atoms with Gasteiger partial charge >= 0.3 is 12.3 Å². The van der Waals surface area contributed by atoms with Crippen molar-refractivity contribution in [2.24, 2.45) is 5.92 Å². The first-order chi connectivity index (χ1) is 19.5. The normalized spacial score (nSPS) is 18.6. The van der Waals surface area contributed by atoms with Gasteiger partial charge in [-0.15, -0.1) is 13.2 Å². The van der Waals surface area contributed by atoms with Crippen LogP contribution in [-0.4, -0.2) is 43.0 Å². The number of halogens is 4. The molecule has 1 atom stereocenters. The quantitative estimate of drug-likeness (QED) is 0.271. The van der Waals surface area contributed by atoms with E-state index in [1.165, 1.54) is 30.2 Å². The molecular formula is C29H27ClF3N3O5. The van der Waals surface area contributed by atoms with Crippen LogP contribution < -0.4 is 25.0 Å². The van der Waals surface area contributed by atoms with E-state index in [1.54, 1.807) is 42.5 Å². The summed E-state index contributed by atoms with van der Waals surface area (Å²) >= 11 is 6.10. The first-order valence-electron chi connectivity index (χ1n) is 12.9. The molecule has 1 aliphatic heterocycles. The number of benzene rings is 3. The second kappa shape index (κ2) is 11.4. The SMILES string of the molecule is COc1cc(NC2CC(C(=O)O)C2)cc(NC(C(=O)N2CCc3ccc(OC(F)(F)F)cc32)c2ccc(Cl)cc2)c1. The molecule has 3 aromatic carbocycles. The summed E-state index contributed by atoms with van der Waals surface area (Å²) in [4.78, 5) is 26.7. The molecule has 5 rings (SSSR count). The summed E-state index contributed by atoms with van der Waals surface area (Å²) < 4.78 is 48.1. The van der Waals surface area contributed by atoms with Gasteiger partial charge in [0, 0.05) is 47.2 Å². The molecule has 1 fully saturated rings. The zero-order valence-corrected chi connectivity index (χ0v) is 22.6. The number of carboxylic acids is 1. The Morgan fingerprint density at radius 1 is 1.02 bits per heavy atom. The van der Waals surface area contributed by atoms with E-state index in [0.717, 1.165) is 5.56 Å². The molecule has 41 heavy (non-hydrogen) atoms. The van der Waals surface area contributed by atoms with Crippen LogP contribution in [0.15, 0.2) is 60.7 Å². The van der Waals surface area contributed by atoms with Crippen molar-refractivity contribution in [1.82, 2.24) is 0 Å². The third-order valence-corrected chi connectivity index (χ3v) is 7.47. The van der Waals surface area contributed by atoms with Crippen molar-refractivity contribution < 1.29 is 37.3 Å². The number of hydrogen-bond acceptors (Lipinski definition) is 6. The predicted molar refractivity (Wildman–Crippen MR) is 148 cm³/mol. The number of carbonyl (C=O) groups is 2. The first-order valence-corrected chi connectivity index (χ1v) is 13.3. The van der Waals surface area contributed by atoms with Gasteiger partial charge in [-0.05, 0) is 54.7 Å². The van der Waals surface area contributed by atoms with Gasteiger partial charge in [0.05, 0.1) is 18.7 Å². The van der Waals surface area contributed by atoms with E-state index in [2.05, 4.69) is 15.4 Å². The first kappa shape index (κ1) is 28.4. The molecule has 1 amide bonds. The smallest absolute Gasteiger partial charge is 0.497 e. The molecule has 8 nitrogen and oxygen atoms in total. The van der Waals surface area contributed by atoms with Gasteiger partial charge in [0.1, 0.15) is 17.5 Å². The van der Waals surface area contributed by atoms with Gasteiger partial charge in [-0.25, -0.2) is 0 Å². The van der Waals surface area contributed by atoms with Gasteiger partial charge in [0.25, 0.3) is 5.91 Å². The number of fused-ring (bicyclic) bond motifs is 1. The highest BCUT2D eigenvalue weighted by Gasteiger charge is 2.36. The fourth-order valence-electron chi connectivity index (χ4n) is 5.11. The molecule has 0 aromatic heterocycles. The Hall–Kier alpha value is -4.12. The molecule has 2 aliphatic rings. The van der Waals surface area contributed by atoms with Gasteiger partial charge in [-0.3, -0.25) is 9.59 Å². The van der Waals surface area contributed by atoms with Crippen LogP contribution in [0, 0.1) is 5.92 Å². The van der Waals surface area contributed by atoms with E-state index >= 15 is 0 Å². The molecule has 0 bridgehead atoms. The Morgan fingerprint density at radius 2 is 1.73 bits per heavy atom. The fraction of sp³-hybridized carbons (Fsp3) is 0.310. The Morgan fingerprint density at radius 3 is 2.39 bits per heavy atom. The molecule has 0 spiro atoms. The van der Waals surface area contributed by atoms with Gasteiger partial charge in [0.15, 0.2) is 0 Å². The number of carboxylic acid groups (broad SMARTS) is 1. The maximum absolute atomic E-state index is 14.0. The van der Waals surface area contributed by atoms with Gasteiger partial charge < -0.3 is 30.1 Å². The van der Waals surface area contributed by atoms with E-state index in [0.29, 0.717) is 52.7 Å². The highest BCUT2D eigenvalue weighted by atomic mass is 35.5. The molecule has 1 heterocycles. The number of rotatable bonds is 9. The van der Waals surface area contributed by atoms with Crippen LogP contribution in [-0.2, 0) is 16.0 Å². The lowest BCUT2D eigenvalue weighted by atomic mass is 9.80. The minimum absolute atomic E-state index is 0.0148. The number of nitrogens with one attached hydrogen (secondary N) is 2. The molecule has 0 radical (unpaired) electrons. The summed E-state index contributed by atoms with van der Waals surface area (Å²) in [6.45, 7) is 0.284. The number of ether oxygens (including phenoxy) is 2. The molecule has 1 aliphatic carbocycles. The number of alkyl halides is 3. The van der Waals surface area contributed by atoms with E-state index in [9.17, 15) is 27.9 Å². The minimum Gasteiger partial charge on any atom is -0.497 e. The van der Waals surface area contributed by atoms with Crippen molar-refractivity contribution in [3.63, 3.8) is 0 Å². The highest BCUT2D eigenvalue weighted by Crippen LogP contribution is 2.37. The van der Waals surface area contributed by atoms with Crippen LogP contribution in [0.4, 0.5) is 30.2 Å². The number of hydrogen-bond donors (Lipinski definition) is 3. The van der Waals surface area contributed by atoms with Crippen LogP contribution in [0.5, 0.6) is 11.5 Å². The maximum Gasteiger partial charge on any atom is 0.573 e. The lowest BCUT2D eigenvalue weighted by Gasteiger charge is -2.34. The van der Waals surface area contributed by atoms with E-state index in [4.69, 9.17) is 16.3 Å². The van der Waals surface area contributed by atoms with Crippen molar-refractivity contribution in [2.45, 2.75) is 37.7 Å². The van der Waals surface area contributed by atoms with Crippen molar-refractivity contribution in [3.8, 4) is 11.5 Å².